The second kappa shape index (κ2) is 7.07. The maximum absolute atomic E-state index is 11.6. The molecule has 0 bridgehead atoms. The third kappa shape index (κ3) is 3.95. The van der Waals surface area contributed by atoms with E-state index in [0.717, 1.165) is 5.56 Å². The molecule has 1 aromatic heterocycles. The van der Waals surface area contributed by atoms with Gasteiger partial charge in [0.1, 0.15) is 5.75 Å². The van der Waals surface area contributed by atoms with Crippen LogP contribution in [0.25, 0.3) is 0 Å². The van der Waals surface area contributed by atoms with Crippen LogP contribution in [0.2, 0.25) is 0 Å². The predicted molar refractivity (Wildman–Crippen MR) is 82.9 cm³/mol. The largest absolute Gasteiger partial charge is 0.507 e. The summed E-state index contributed by atoms with van der Waals surface area (Å²) in [6.07, 6.45) is 3.59. The number of aromatic hydroxyl groups is 1. The van der Waals surface area contributed by atoms with Crippen LogP contribution in [0.3, 0.4) is 0 Å². The monoisotopic (exact) mass is 300 g/mol. The van der Waals surface area contributed by atoms with Gasteiger partial charge in [0.15, 0.2) is 0 Å². The van der Waals surface area contributed by atoms with Crippen molar-refractivity contribution in [3.63, 3.8) is 0 Å². The summed E-state index contributed by atoms with van der Waals surface area (Å²) in [5.74, 6) is -0.274. The second-order valence-electron chi connectivity index (χ2n) is 4.60. The number of allylic oxidation sites excluding steroid dienone is 1. The van der Waals surface area contributed by atoms with Crippen LogP contribution in [0.1, 0.15) is 16.8 Å². The van der Waals surface area contributed by atoms with Crippen molar-refractivity contribution in [1.29, 1.82) is 0 Å². The molecule has 1 amide bonds. The number of nitrogens with one attached hydrogen (secondary N) is 3. The van der Waals surface area contributed by atoms with Gasteiger partial charge >= 0.3 is 0 Å². The number of aromatic nitrogens is 2. The molecule has 0 spiro atoms. The fraction of sp³-hybridized carbons (Fsp3) is 0.133. The third-order valence-electron chi connectivity index (χ3n) is 2.91. The number of phenolic OH excluding ortho intramolecular Hbond substituents is 1. The number of benzene rings is 1. The summed E-state index contributed by atoms with van der Waals surface area (Å²) >= 11 is 0. The summed E-state index contributed by atoms with van der Waals surface area (Å²) in [6.45, 7) is 3.62. The van der Waals surface area contributed by atoms with Crippen molar-refractivity contribution in [3.8, 4) is 5.75 Å². The zero-order chi connectivity index (χ0) is 15.9. The molecule has 0 saturated carbocycles. The highest BCUT2D eigenvalue weighted by molar-refractivity contribution is 5.86. The van der Waals surface area contributed by atoms with Crippen LogP contribution in [-0.4, -0.2) is 27.4 Å². The molecule has 4 N–H and O–H groups in total. The number of nitrogens with zero attached hydrogens (tertiary/aromatic N) is 1. The SMILES string of the molecule is C=CCc1cccc(C=NNC(=O)Cc2cc(=O)[nH][nH]2)c1O. The maximum atomic E-state index is 11.6. The Balaban J connectivity index is 1.97. The number of hydrogen-bond acceptors (Lipinski definition) is 4. The van der Waals surface area contributed by atoms with Crippen molar-refractivity contribution in [3.05, 3.63) is 64.1 Å². The molecular formula is C15H16N4O3. The number of H-pyrrole nitrogens is 2. The summed E-state index contributed by atoms with van der Waals surface area (Å²) < 4.78 is 0. The Morgan fingerprint density at radius 2 is 2.23 bits per heavy atom. The summed E-state index contributed by atoms with van der Waals surface area (Å²) in [5.41, 5.74) is 3.73. The van der Waals surface area contributed by atoms with Crippen LogP contribution in [0.15, 0.2) is 46.8 Å². The maximum Gasteiger partial charge on any atom is 0.264 e. The van der Waals surface area contributed by atoms with Gasteiger partial charge in [-0.2, -0.15) is 5.10 Å². The van der Waals surface area contributed by atoms with Crippen molar-refractivity contribution in [2.75, 3.05) is 0 Å². The van der Waals surface area contributed by atoms with Gasteiger partial charge in [0.05, 0.1) is 12.6 Å². The Morgan fingerprint density at radius 1 is 1.41 bits per heavy atom. The lowest BCUT2D eigenvalue weighted by atomic mass is 10.1. The van der Waals surface area contributed by atoms with Crippen LogP contribution in [0.5, 0.6) is 5.75 Å². The molecule has 114 valence electrons. The number of carbonyl (C=O) groups is 1. The van der Waals surface area contributed by atoms with E-state index in [1.54, 1.807) is 24.3 Å². The predicted octanol–water partition coefficient (Wildman–Crippen LogP) is 0.830. The molecule has 1 heterocycles. The molecule has 0 aliphatic carbocycles. The van der Waals surface area contributed by atoms with Gasteiger partial charge in [-0.1, -0.05) is 18.2 Å². The number of aromatic amines is 2. The molecule has 22 heavy (non-hydrogen) atoms. The highest BCUT2D eigenvalue weighted by Gasteiger charge is 2.05. The van der Waals surface area contributed by atoms with Gasteiger partial charge in [-0.15, -0.1) is 6.58 Å². The summed E-state index contributed by atoms with van der Waals surface area (Å²) in [7, 11) is 0. The van der Waals surface area contributed by atoms with E-state index >= 15 is 0 Å². The minimum absolute atomic E-state index is 0.00142. The van der Waals surface area contributed by atoms with E-state index in [0.29, 0.717) is 17.7 Å². The molecule has 0 unspecified atom stereocenters. The lowest BCUT2D eigenvalue weighted by Crippen LogP contribution is -2.20. The molecule has 7 nitrogen and oxygen atoms in total. The van der Waals surface area contributed by atoms with Gasteiger partial charge in [-0.05, 0) is 18.1 Å². The van der Waals surface area contributed by atoms with Gasteiger partial charge in [-0.25, -0.2) is 5.43 Å². The van der Waals surface area contributed by atoms with Crippen molar-refractivity contribution in [2.45, 2.75) is 12.8 Å². The standard InChI is InChI=1S/C15H16N4O3/c1-2-4-10-5-3-6-11(15(10)22)9-16-18-13(20)7-12-8-14(21)19-17-12/h2-3,5-6,8-9,22H,1,4,7H2,(H,18,20)(H2,17,19,21). The van der Waals surface area contributed by atoms with E-state index in [-0.39, 0.29) is 23.6 Å². The first-order valence-corrected chi connectivity index (χ1v) is 6.60. The molecule has 2 aromatic rings. The lowest BCUT2D eigenvalue weighted by molar-refractivity contribution is -0.120. The van der Waals surface area contributed by atoms with E-state index in [9.17, 15) is 14.7 Å². The van der Waals surface area contributed by atoms with Gasteiger partial charge in [0.2, 0.25) is 5.91 Å². The van der Waals surface area contributed by atoms with Crippen molar-refractivity contribution < 1.29 is 9.90 Å². The van der Waals surface area contributed by atoms with Gasteiger partial charge in [0, 0.05) is 17.3 Å². The van der Waals surface area contributed by atoms with E-state index in [2.05, 4.69) is 27.3 Å². The molecule has 0 atom stereocenters. The fourth-order valence-electron chi connectivity index (χ4n) is 1.89. The first kappa shape index (κ1) is 15.3. The Kier molecular flexibility index (Phi) is 4.92. The number of amides is 1. The number of hydrogen-bond donors (Lipinski definition) is 4. The zero-order valence-electron chi connectivity index (χ0n) is 11.8. The molecule has 2 rings (SSSR count). The normalized spacial score (nSPS) is 10.7. The van der Waals surface area contributed by atoms with Crippen LogP contribution >= 0.6 is 0 Å². The number of phenols is 1. The molecule has 0 aliphatic rings. The van der Waals surface area contributed by atoms with E-state index in [4.69, 9.17) is 0 Å². The van der Waals surface area contributed by atoms with Crippen molar-refractivity contribution >= 4 is 12.1 Å². The van der Waals surface area contributed by atoms with E-state index in [1.165, 1.54) is 12.3 Å². The first-order chi connectivity index (χ1) is 10.6. The van der Waals surface area contributed by atoms with Crippen LogP contribution in [0, 0.1) is 0 Å². The summed E-state index contributed by atoms with van der Waals surface area (Å²) in [5, 5.41) is 18.7. The second-order valence-corrected chi connectivity index (χ2v) is 4.60. The molecule has 1 aromatic carbocycles. The highest BCUT2D eigenvalue weighted by Crippen LogP contribution is 2.21. The fourth-order valence-corrected chi connectivity index (χ4v) is 1.89. The van der Waals surface area contributed by atoms with Crippen LogP contribution in [0.4, 0.5) is 0 Å². The Hall–Kier alpha value is -3.09. The number of para-hydroxylation sites is 1. The molecule has 0 saturated heterocycles. The molecule has 0 radical (unpaired) electrons. The number of rotatable bonds is 6. The van der Waals surface area contributed by atoms with E-state index < -0.39 is 0 Å². The quantitative estimate of drug-likeness (QED) is 0.360. The van der Waals surface area contributed by atoms with Crippen molar-refractivity contribution in [1.82, 2.24) is 15.6 Å². The van der Waals surface area contributed by atoms with Crippen molar-refractivity contribution in [2.24, 2.45) is 5.10 Å². The first-order valence-electron chi connectivity index (χ1n) is 6.60. The average Bonchev–Trinajstić information content (AvgIpc) is 2.88. The number of hydrazone groups is 1. The smallest absolute Gasteiger partial charge is 0.264 e. The molecule has 0 fully saturated rings. The summed E-state index contributed by atoms with van der Waals surface area (Å²) in [4.78, 5) is 22.5. The minimum Gasteiger partial charge on any atom is -0.507 e. The summed E-state index contributed by atoms with van der Waals surface area (Å²) in [6, 6.07) is 6.55. The molecule has 0 aliphatic heterocycles. The topological polar surface area (TPSA) is 110 Å². The Morgan fingerprint density at radius 3 is 2.91 bits per heavy atom. The molecular weight excluding hydrogens is 284 g/mol. The van der Waals surface area contributed by atoms with E-state index in [1.807, 2.05) is 0 Å². The highest BCUT2D eigenvalue weighted by atomic mass is 16.3. The van der Waals surface area contributed by atoms with Crippen LogP contribution in [-0.2, 0) is 17.6 Å². The Bertz CT molecular complexity index is 758. The van der Waals surface area contributed by atoms with Crippen LogP contribution < -0.4 is 11.0 Å². The number of carbonyl (C=O) groups excluding carboxylic acids is 1. The third-order valence-corrected chi connectivity index (χ3v) is 2.91. The van der Waals surface area contributed by atoms with Gasteiger partial charge in [0.25, 0.3) is 5.56 Å². The van der Waals surface area contributed by atoms with Gasteiger partial charge < -0.3 is 10.2 Å². The average molecular weight is 300 g/mol. The Labute approximate surface area is 126 Å². The van der Waals surface area contributed by atoms with Gasteiger partial charge in [-0.3, -0.25) is 14.7 Å². The lowest BCUT2D eigenvalue weighted by Gasteiger charge is -2.04. The molecule has 7 heteroatoms. The minimum atomic E-state index is -0.381. The zero-order valence-corrected chi connectivity index (χ0v) is 11.8.